The molecule has 1 saturated heterocycles. The third kappa shape index (κ3) is 2.44. The molecular formula is C15H15N3O3. The highest BCUT2D eigenvalue weighted by Crippen LogP contribution is 2.22. The van der Waals surface area contributed by atoms with E-state index in [9.17, 15) is 9.59 Å². The number of ether oxygens (including phenoxy) is 1. The number of likely N-dealkylation sites (tertiary alicyclic amines) is 1. The number of rotatable bonds is 2. The average Bonchev–Trinajstić information content (AvgIpc) is 3.02. The Hall–Kier alpha value is -2.50. The van der Waals surface area contributed by atoms with Gasteiger partial charge in [-0.05, 0) is 31.0 Å². The minimum Gasteiger partial charge on any atom is -0.467 e. The average molecular weight is 285 g/mol. The van der Waals surface area contributed by atoms with E-state index < -0.39 is 6.04 Å². The molecule has 1 amide bonds. The lowest BCUT2D eigenvalue weighted by Crippen LogP contribution is -2.41. The fourth-order valence-corrected chi connectivity index (χ4v) is 2.65. The van der Waals surface area contributed by atoms with Crippen LogP contribution in [0.15, 0.2) is 30.6 Å². The zero-order valence-corrected chi connectivity index (χ0v) is 11.7. The smallest absolute Gasteiger partial charge is 0.328 e. The van der Waals surface area contributed by atoms with E-state index in [0.29, 0.717) is 24.0 Å². The van der Waals surface area contributed by atoms with Crippen molar-refractivity contribution in [2.45, 2.75) is 18.9 Å². The molecule has 6 nitrogen and oxygen atoms in total. The first kappa shape index (κ1) is 13.5. The maximum Gasteiger partial charge on any atom is 0.328 e. The summed E-state index contributed by atoms with van der Waals surface area (Å²) < 4.78 is 4.77. The molecule has 108 valence electrons. The molecule has 1 aliphatic rings. The molecule has 1 fully saturated rings. The van der Waals surface area contributed by atoms with Gasteiger partial charge in [-0.2, -0.15) is 0 Å². The standard InChI is InChI=1S/C15H15N3O3/c1-21-15(20)13-3-2-8-18(13)14(19)10-4-5-11-12(9-10)17-7-6-16-11/h4-7,9,13H,2-3,8H2,1H3. The molecule has 0 saturated carbocycles. The minimum absolute atomic E-state index is 0.171. The second-order valence-corrected chi connectivity index (χ2v) is 4.94. The molecule has 2 heterocycles. The van der Waals surface area contributed by atoms with Crippen LogP contribution in [0.4, 0.5) is 0 Å². The molecule has 3 rings (SSSR count). The van der Waals surface area contributed by atoms with Crippen LogP contribution in [0.1, 0.15) is 23.2 Å². The van der Waals surface area contributed by atoms with Crippen LogP contribution in [0.3, 0.4) is 0 Å². The molecule has 0 spiro atoms. The number of benzene rings is 1. The number of methoxy groups -OCH3 is 1. The van der Waals surface area contributed by atoms with Crippen molar-refractivity contribution < 1.29 is 14.3 Å². The Morgan fingerprint density at radius 2 is 2.00 bits per heavy atom. The summed E-state index contributed by atoms with van der Waals surface area (Å²) in [6.45, 7) is 0.567. The van der Waals surface area contributed by atoms with Gasteiger partial charge in [0, 0.05) is 24.5 Å². The largest absolute Gasteiger partial charge is 0.467 e. The first-order valence-electron chi connectivity index (χ1n) is 6.80. The van der Waals surface area contributed by atoms with Crippen LogP contribution in [0.5, 0.6) is 0 Å². The fraction of sp³-hybridized carbons (Fsp3) is 0.333. The molecule has 1 unspecified atom stereocenters. The van der Waals surface area contributed by atoms with Crippen LogP contribution in [0.25, 0.3) is 11.0 Å². The van der Waals surface area contributed by atoms with Crippen molar-refractivity contribution >= 4 is 22.9 Å². The van der Waals surface area contributed by atoms with Crippen molar-refractivity contribution in [3.63, 3.8) is 0 Å². The zero-order valence-electron chi connectivity index (χ0n) is 11.7. The summed E-state index contributed by atoms with van der Waals surface area (Å²) in [6.07, 6.45) is 4.64. The number of hydrogen-bond acceptors (Lipinski definition) is 5. The van der Waals surface area contributed by atoms with Gasteiger partial charge in [0.1, 0.15) is 6.04 Å². The highest BCUT2D eigenvalue weighted by Gasteiger charge is 2.35. The first-order valence-corrected chi connectivity index (χ1v) is 6.80. The van der Waals surface area contributed by atoms with E-state index in [0.717, 1.165) is 11.9 Å². The molecule has 1 aromatic heterocycles. The number of carbonyl (C=O) groups is 2. The first-order chi connectivity index (χ1) is 10.2. The highest BCUT2D eigenvalue weighted by atomic mass is 16.5. The Balaban J connectivity index is 1.91. The van der Waals surface area contributed by atoms with Gasteiger partial charge in [0.05, 0.1) is 18.1 Å². The summed E-state index contributed by atoms with van der Waals surface area (Å²) >= 11 is 0. The van der Waals surface area contributed by atoms with Gasteiger partial charge in [-0.25, -0.2) is 4.79 Å². The van der Waals surface area contributed by atoms with Crippen molar-refractivity contribution in [3.8, 4) is 0 Å². The van der Waals surface area contributed by atoms with E-state index in [2.05, 4.69) is 9.97 Å². The summed E-state index contributed by atoms with van der Waals surface area (Å²) in [7, 11) is 1.34. The van der Waals surface area contributed by atoms with Gasteiger partial charge in [0.25, 0.3) is 5.91 Å². The van der Waals surface area contributed by atoms with Gasteiger partial charge in [-0.3, -0.25) is 14.8 Å². The molecule has 1 aromatic carbocycles. The van der Waals surface area contributed by atoms with Crippen molar-refractivity contribution in [2.75, 3.05) is 13.7 Å². The normalized spacial score (nSPS) is 18.0. The van der Waals surface area contributed by atoms with Gasteiger partial charge in [0.15, 0.2) is 0 Å². The summed E-state index contributed by atoms with van der Waals surface area (Å²) in [4.78, 5) is 34.3. The predicted octanol–water partition coefficient (Wildman–Crippen LogP) is 1.41. The number of esters is 1. The molecule has 2 aromatic rings. The Kier molecular flexibility index (Phi) is 3.51. The summed E-state index contributed by atoms with van der Waals surface area (Å²) in [5, 5.41) is 0. The van der Waals surface area contributed by atoms with Crippen molar-refractivity contribution in [1.82, 2.24) is 14.9 Å². The van der Waals surface area contributed by atoms with E-state index in [1.54, 1.807) is 35.5 Å². The maximum atomic E-state index is 12.6. The summed E-state index contributed by atoms with van der Waals surface area (Å²) in [5.74, 6) is -0.531. The minimum atomic E-state index is -0.486. The van der Waals surface area contributed by atoms with E-state index in [1.165, 1.54) is 7.11 Å². The number of amides is 1. The predicted molar refractivity (Wildman–Crippen MR) is 75.6 cm³/mol. The van der Waals surface area contributed by atoms with E-state index >= 15 is 0 Å². The lowest BCUT2D eigenvalue weighted by atomic mass is 10.1. The quantitative estimate of drug-likeness (QED) is 0.780. The van der Waals surface area contributed by atoms with Crippen LogP contribution in [-0.2, 0) is 9.53 Å². The summed E-state index contributed by atoms with van der Waals surface area (Å²) in [5.41, 5.74) is 1.91. The molecule has 6 heteroatoms. The molecule has 0 radical (unpaired) electrons. The third-order valence-electron chi connectivity index (χ3n) is 3.70. The molecule has 1 atom stereocenters. The van der Waals surface area contributed by atoms with Crippen LogP contribution in [0.2, 0.25) is 0 Å². The topological polar surface area (TPSA) is 72.4 Å². The van der Waals surface area contributed by atoms with E-state index in [-0.39, 0.29) is 11.9 Å². The van der Waals surface area contributed by atoms with Gasteiger partial charge in [-0.1, -0.05) is 0 Å². The number of aromatic nitrogens is 2. The van der Waals surface area contributed by atoms with Gasteiger partial charge >= 0.3 is 5.97 Å². The molecule has 21 heavy (non-hydrogen) atoms. The van der Waals surface area contributed by atoms with E-state index in [1.807, 2.05) is 0 Å². The number of hydrogen-bond donors (Lipinski definition) is 0. The van der Waals surface area contributed by atoms with Gasteiger partial charge in [-0.15, -0.1) is 0 Å². The number of nitrogens with zero attached hydrogens (tertiary/aromatic N) is 3. The van der Waals surface area contributed by atoms with Crippen molar-refractivity contribution in [3.05, 3.63) is 36.2 Å². The summed E-state index contributed by atoms with van der Waals surface area (Å²) in [6, 6.07) is 4.70. The van der Waals surface area contributed by atoms with Crippen molar-refractivity contribution in [1.29, 1.82) is 0 Å². The Bertz CT molecular complexity index is 701. The Morgan fingerprint density at radius 1 is 1.24 bits per heavy atom. The fourth-order valence-electron chi connectivity index (χ4n) is 2.65. The monoisotopic (exact) mass is 285 g/mol. The van der Waals surface area contributed by atoms with Gasteiger partial charge < -0.3 is 9.64 Å². The molecule has 0 aliphatic carbocycles. The number of fused-ring (bicyclic) bond motifs is 1. The zero-order chi connectivity index (χ0) is 14.8. The Morgan fingerprint density at radius 3 is 2.76 bits per heavy atom. The Labute approximate surface area is 121 Å². The SMILES string of the molecule is COC(=O)C1CCCN1C(=O)c1ccc2nccnc2c1. The van der Waals surface area contributed by atoms with Crippen LogP contribution in [0, 0.1) is 0 Å². The maximum absolute atomic E-state index is 12.6. The second kappa shape index (κ2) is 5.47. The second-order valence-electron chi connectivity index (χ2n) is 4.94. The van der Waals surface area contributed by atoms with E-state index in [4.69, 9.17) is 4.74 Å². The van der Waals surface area contributed by atoms with Crippen LogP contribution >= 0.6 is 0 Å². The lowest BCUT2D eigenvalue weighted by molar-refractivity contribution is -0.145. The molecule has 1 aliphatic heterocycles. The third-order valence-corrected chi connectivity index (χ3v) is 3.70. The highest BCUT2D eigenvalue weighted by molar-refractivity contribution is 5.99. The van der Waals surface area contributed by atoms with Gasteiger partial charge in [0.2, 0.25) is 0 Å². The van der Waals surface area contributed by atoms with Crippen molar-refractivity contribution in [2.24, 2.45) is 0 Å². The van der Waals surface area contributed by atoms with Crippen LogP contribution < -0.4 is 0 Å². The van der Waals surface area contributed by atoms with Crippen LogP contribution in [-0.4, -0.2) is 46.4 Å². The molecule has 0 bridgehead atoms. The lowest BCUT2D eigenvalue weighted by Gasteiger charge is -2.22. The molecule has 0 N–H and O–H groups in total. The molecular weight excluding hydrogens is 270 g/mol. The number of carbonyl (C=O) groups excluding carboxylic acids is 2.